The molecule has 4 aromatic heterocycles. The van der Waals surface area contributed by atoms with Crippen LogP contribution in [0, 0.1) is 11.6 Å². The van der Waals surface area contributed by atoms with Gasteiger partial charge in [0.1, 0.15) is 84.9 Å². The number of aliphatic hydroxyl groups is 8. The van der Waals surface area contributed by atoms with Crippen molar-refractivity contribution in [3.8, 4) is 0 Å². The molecule has 8 aromatic rings. The van der Waals surface area contributed by atoms with Crippen molar-refractivity contribution in [2.75, 3.05) is 26.4 Å². The van der Waals surface area contributed by atoms with Crippen LogP contribution in [0.5, 0.6) is 0 Å². The maximum absolute atomic E-state index is 13.9. The second kappa shape index (κ2) is 47.4. The summed E-state index contributed by atoms with van der Waals surface area (Å²) >= 11 is 17.9. The third-order valence-electron chi connectivity index (χ3n) is 19.5. The van der Waals surface area contributed by atoms with E-state index >= 15 is 0 Å². The largest absolute Gasteiger partial charge is 0.481 e. The van der Waals surface area contributed by atoms with Crippen molar-refractivity contribution in [2.24, 2.45) is 0 Å². The molecule has 4 saturated heterocycles. The lowest BCUT2D eigenvalue weighted by Gasteiger charge is -2.19. The quantitative estimate of drug-likeness (QED) is 0.0202. The van der Waals surface area contributed by atoms with E-state index in [0.717, 1.165) is 104 Å². The van der Waals surface area contributed by atoms with E-state index in [4.69, 9.17) is 92.9 Å². The molecule has 69 heteroatoms. The van der Waals surface area contributed by atoms with Crippen LogP contribution in [0.3, 0.4) is 0 Å². The molecule has 137 heavy (non-hydrogen) atoms. The van der Waals surface area contributed by atoms with E-state index in [1.54, 1.807) is 72.8 Å². The summed E-state index contributed by atoms with van der Waals surface area (Å²) in [5, 5.41) is 83.5. The highest BCUT2D eigenvalue weighted by Crippen LogP contribution is 2.61. The fourth-order valence-corrected chi connectivity index (χ4v) is 20.1. The molecule has 20 atom stereocenters. The zero-order chi connectivity index (χ0) is 102. The van der Waals surface area contributed by atoms with Gasteiger partial charge in [-0.25, -0.2) is 64.5 Å². The molecule has 0 aliphatic carbocycles. The zero-order valence-electron chi connectivity index (χ0n) is 68.9. The maximum atomic E-state index is 13.9. The van der Waals surface area contributed by atoms with Gasteiger partial charge < -0.3 is 119 Å². The van der Waals surface area contributed by atoms with E-state index in [-0.39, 0.29) is 51.0 Å². The number of aromatic nitrogens is 8. The van der Waals surface area contributed by atoms with E-state index in [9.17, 15) is 144 Å². The monoisotopic (exact) mass is 2170 g/mol. The molecule has 0 spiro atoms. The minimum atomic E-state index is -5.40. The molecule has 20 N–H and O–H groups in total. The molecule has 0 saturated carbocycles. The lowest BCUT2D eigenvalue weighted by molar-refractivity contribution is -0.0548. The number of hydrogen-bond acceptors (Lipinski definition) is 36. The highest BCUT2D eigenvalue weighted by Gasteiger charge is 2.51. The van der Waals surface area contributed by atoms with Gasteiger partial charge in [-0.3, -0.25) is 73.8 Å². The molecule has 0 bridgehead atoms. The molecule has 0 radical (unpaired) electrons. The van der Waals surface area contributed by atoms with Gasteiger partial charge >= 0.3 is 85.3 Å². The Kier molecular flexibility index (Phi) is 39.3. The molecule has 758 valence electrons. The number of aryl methyl sites for hydroxylation is 4. The first-order chi connectivity index (χ1) is 63.5. The Balaban J connectivity index is 0.000000205. The predicted octanol–water partition coefficient (Wildman–Crippen LogP) is -1.37. The van der Waals surface area contributed by atoms with E-state index < -0.39 is 244 Å². The summed E-state index contributed by atoms with van der Waals surface area (Å²) in [5.74, 6) is -1.68. The highest BCUT2D eigenvalue weighted by atomic mass is 35.5. The van der Waals surface area contributed by atoms with Crippen LogP contribution in [-0.2, 0) is 143 Å². The Morgan fingerprint density at radius 1 is 0.314 bits per heavy atom. The number of phosphoric acid groups is 8. The van der Waals surface area contributed by atoms with Crippen LogP contribution in [-0.4, -0.2) is 236 Å². The van der Waals surface area contributed by atoms with E-state index in [0.29, 0.717) is 37.7 Å². The molecule has 0 amide bonds. The van der Waals surface area contributed by atoms with Crippen molar-refractivity contribution in [2.45, 2.75) is 150 Å². The predicted molar refractivity (Wildman–Crippen MR) is 455 cm³/mol. The normalized spacial score (nSPS) is 24.7. The molecule has 56 nitrogen and oxygen atoms in total. The number of aliphatic hydroxyl groups excluding tert-OH is 8. The Labute approximate surface area is 778 Å². The number of hydrogen-bond donors (Lipinski definition) is 20. The van der Waals surface area contributed by atoms with Gasteiger partial charge in [-0.2, -0.15) is 17.2 Å². The molecule has 4 aromatic carbocycles. The summed E-state index contributed by atoms with van der Waals surface area (Å²) in [4.78, 5) is 207. The van der Waals surface area contributed by atoms with Gasteiger partial charge in [-0.05, 0) is 84.3 Å². The molecule has 12 rings (SSSR count). The fourth-order valence-electron chi connectivity index (χ4n) is 13.1. The average Bonchev–Trinajstić information content (AvgIpc) is 1.67. The SMILES string of the molecule is O=c1ccn([C@@H]2O[C@H](COP(=O)(O)OP(=O)(O)O)[C@H](O)C2O)c(=O)n1CCc1ccc(Cl)cc1.O=c1ccn([C@@H]2O[C@H](COP(=O)(O)OP(=O)(O)O)[C@H](O)C2O)c(=O)n1CCc1ccc(F)cc1F.O=c1ccn([C@@H]2O[C@H](COP(=O)(O)OP(=O)(O)O)[C@H](O)C2O)c(=O)n1CCc1cccc(Cl)c1.O=c1ccn([C@@H]2O[C@H](COP(=O)(O)OP(=O)(O)O)[C@H](O)C2O)c(=O)n1CCc1ccccc1Cl. The van der Waals surface area contributed by atoms with Crippen LogP contribution in [0.4, 0.5) is 8.78 Å². The smallest absolute Gasteiger partial charge is 0.387 e. The molecule has 8 heterocycles. The third-order valence-corrected chi connectivity index (χ3v) is 29.0. The third kappa shape index (κ3) is 32.4. The first-order valence-electron chi connectivity index (χ1n) is 38.5. The number of nitrogens with zero attached hydrogens (tertiary/aromatic N) is 8. The Morgan fingerprint density at radius 3 is 0.898 bits per heavy atom. The number of halogens is 5. The van der Waals surface area contributed by atoms with Crippen LogP contribution in [0.1, 0.15) is 47.2 Å². The van der Waals surface area contributed by atoms with Crippen LogP contribution >= 0.6 is 97.4 Å². The second-order valence-electron chi connectivity index (χ2n) is 29.1. The van der Waals surface area contributed by atoms with Crippen molar-refractivity contribution >= 4 is 97.4 Å². The molecule has 4 aliphatic rings. The summed E-state index contributed by atoms with van der Waals surface area (Å²) in [6.07, 6.45) is -21.3. The average molecular weight is 2170 g/mol. The zero-order valence-corrected chi connectivity index (χ0v) is 78.3. The van der Waals surface area contributed by atoms with E-state index in [1.807, 2.05) is 0 Å². The molecular formula is C68H83Cl3F2N8O48P8. The summed E-state index contributed by atoms with van der Waals surface area (Å²) in [6, 6.07) is 27.4. The van der Waals surface area contributed by atoms with Crippen LogP contribution in [0.2, 0.25) is 15.1 Å². The van der Waals surface area contributed by atoms with Crippen LogP contribution < -0.4 is 45.0 Å². The summed E-state index contributed by atoms with van der Waals surface area (Å²) in [5.41, 5.74) is -3.93. The van der Waals surface area contributed by atoms with Crippen molar-refractivity contribution in [1.82, 2.24) is 36.5 Å². The number of phosphoric ester groups is 4. The maximum Gasteiger partial charge on any atom is 0.481 e. The van der Waals surface area contributed by atoms with Crippen LogP contribution in [0.15, 0.2) is 178 Å². The highest BCUT2D eigenvalue weighted by molar-refractivity contribution is 7.62. The Bertz CT molecular complexity index is 6550. The van der Waals surface area contributed by atoms with E-state index in [1.165, 1.54) is 0 Å². The summed E-state index contributed by atoms with van der Waals surface area (Å²) < 4.78 is 176. The molecular weight excluding hydrogens is 2090 g/mol. The molecule has 8 unspecified atom stereocenters. The molecule has 4 fully saturated rings. The summed E-state index contributed by atoms with van der Waals surface area (Å²) in [7, 11) is -42.4. The lowest BCUT2D eigenvalue weighted by Crippen LogP contribution is -2.43. The van der Waals surface area contributed by atoms with Gasteiger partial charge in [-0.15, -0.1) is 0 Å². The van der Waals surface area contributed by atoms with Gasteiger partial charge in [-0.1, -0.05) is 83.3 Å². The number of benzene rings is 4. The topological polar surface area (TPSA) is 828 Å². The second-order valence-corrected chi connectivity index (χ2v) is 41.7. The van der Waals surface area contributed by atoms with Crippen molar-refractivity contribution in [3.05, 3.63) is 272 Å². The van der Waals surface area contributed by atoms with Gasteiger partial charge in [0.15, 0.2) is 24.9 Å². The Morgan fingerprint density at radius 2 is 0.606 bits per heavy atom. The van der Waals surface area contributed by atoms with E-state index in [2.05, 4.69) is 35.3 Å². The minimum Gasteiger partial charge on any atom is -0.387 e. The summed E-state index contributed by atoms with van der Waals surface area (Å²) in [6.45, 7) is -4.17. The van der Waals surface area contributed by atoms with Gasteiger partial charge in [0, 0.05) is 96.4 Å². The minimum absolute atomic E-state index is 0.00848. The molecule has 4 aliphatic heterocycles. The van der Waals surface area contributed by atoms with Crippen molar-refractivity contribution in [1.29, 1.82) is 0 Å². The number of ether oxygens (including phenoxy) is 4. The van der Waals surface area contributed by atoms with Gasteiger partial charge in [0.25, 0.3) is 22.2 Å². The van der Waals surface area contributed by atoms with Crippen LogP contribution in [0.25, 0.3) is 0 Å². The first-order valence-corrected chi connectivity index (χ1v) is 51.7. The Hall–Kier alpha value is -7.11. The lowest BCUT2D eigenvalue weighted by atomic mass is 10.1. The first kappa shape index (κ1) is 113. The van der Waals surface area contributed by atoms with Gasteiger partial charge in [0.05, 0.1) is 26.4 Å². The standard InChI is InChI=1S/3C17H21ClN2O12P2.C17H20F2N2O12P2/c18-11-3-1-10(2-4-11)5-7-19-13(21)6-8-20(17(19)24)16-15(23)14(22)12(31-16)9-30-34(28,29)32-33(25,26)27;18-11-3-1-2-10(8-11)4-6-19-13(21)5-7-20(17(19)24)16-15(23)14(22)12(31-16)9-30-34(28,29)32-33(25,26)27;18-11-4-2-1-3-10(11)5-7-19-13(21)6-8-20(17(19)24)16-15(23)14(22)12(31-16)9-30-34(28,29)32-33(25,26)27;18-10-2-1-9(11(19)7-10)3-5-20-13(22)4-6-21(17(20)25)16-15(24)14(23)12(32-16)8-31-35(29,30)33-34(26,27)28/h1-4,6,8,12,14-16,22-23H,5,7,9H2,(H,28,29)(H2,25,26,27);1-3,5,7-8,12,14-16,22-23H,4,6,9H2,(H,28,29)(H2,25,26,27);1-4,6,8,12,14-16,22-23H,5,7,9H2,(H,28,29)(H2,25,26,27);1-2,4,6-7,12,14-16,23-24H,3,5,8H2,(H,29,30)(H2,26,27,28)/t4*12-,14+,15?,16-/m1111/s1. The fraction of sp³-hybridized carbons (Fsp3) is 0.412. The number of rotatable bonds is 36. The van der Waals surface area contributed by atoms with Crippen molar-refractivity contribution < 1.29 is 199 Å². The van der Waals surface area contributed by atoms with Gasteiger partial charge in [0.2, 0.25) is 0 Å². The van der Waals surface area contributed by atoms with Crippen molar-refractivity contribution in [3.63, 3.8) is 0 Å².